The Morgan fingerprint density at radius 3 is 2.50 bits per heavy atom. The fraction of sp³-hybridized carbons (Fsp3) is 0. The van der Waals surface area contributed by atoms with Crippen LogP contribution in [0.1, 0.15) is 0 Å². The van der Waals surface area contributed by atoms with Gasteiger partial charge in [-0.25, -0.2) is 0 Å². The normalized spacial score (nSPS) is 8.50. The molecule has 10 heteroatoms. The van der Waals surface area contributed by atoms with Gasteiger partial charge in [-0.2, -0.15) is 0 Å². The fourth-order valence-corrected chi connectivity index (χ4v) is 0.101. The van der Waals surface area contributed by atoms with Gasteiger partial charge in [-0.05, 0) is 0 Å². The van der Waals surface area contributed by atoms with Crippen LogP contribution >= 0.6 is 0 Å². The van der Waals surface area contributed by atoms with Crippen molar-refractivity contribution < 1.29 is 39.6 Å². The van der Waals surface area contributed by atoms with Crippen LogP contribution in [0, 0.1) is 0 Å². The van der Waals surface area contributed by atoms with E-state index in [2.05, 4.69) is 25.0 Å². The summed E-state index contributed by atoms with van der Waals surface area (Å²) in [4.78, 5) is 3.53. The summed E-state index contributed by atoms with van der Waals surface area (Å²) in [5.74, 6) is 0. The molecule has 0 heterocycles. The van der Waals surface area contributed by atoms with Crippen LogP contribution in [0.5, 0.6) is 0 Å². The number of rotatable bonds is 6. The first kappa shape index (κ1) is 9.33. The minimum atomic E-state index is -2.04. The summed E-state index contributed by atoms with van der Waals surface area (Å²) >= 11 is 0. The summed E-state index contributed by atoms with van der Waals surface area (Å²) in [5, 5.41) is 20.1. The summed E-state index contributed by atoms with van der Waals surface area (Å²) in [6.45, 7) is -2.04. The van der Waals surface area contributed by atoms with Gasteiger partial charge >= 0.3 is 53.3 Å². The van der Waals surface area contributed by atoms with Crippen molar-refractivity contribution in [2.75, 3.05) is 0 Å². The molecule has 0 saturated heterocycles. The average molecular weight is 151 g/mol. The van der Waals surface area contributed by atoms with Crippen LogP contribution < -0.4 is 0 Å². The Hall–Kier alpha value is -0.670. The molecule has 56 valence electrons. The monoisotopic (exact) mass is 151 g/mol. The van der Waals surface area contributed by atoms with Crippen molar-refractivity contribution in [1.29, 1.82) is 0 Å². The molecular formula is HB2O8-. The van der Waals surface area contributed by atoms with Crippen LogP contribution in [0.25, 0.3) is 0 Å². The molecule has 0 atom stereocenters. The third kappa shape index (κ3) is 5.47. The summed E-state index contributed by atoms with van der Waals surface area (Å²) in [6.07, 6.45) is 0. The molecule has 8 nitrogen and oxygen atoms in total. The topological polar surface area (TPSA) is 101 Å². The van der Waals surface area contributed by atoms with E-state index in [0.717, 1.165) is 0 Å². The van der Waals surface area contributed by atoms with Crippen LogP contribution in [0.3, 0.4) is 0 Å². The van der Waals surface area contributed by atoms with Crippen molar-refractivity contribution in [3.8, 4) is 0 Å². The van der Waals surface area contributed by atoms with E-state index in [1.54, 1.807) is 0 Å². The van der Waals surface area contributed by atoms with Gasteiger partial charge in [-0.3, -0.25) is 0 Å². The molecule has 0 radical (unpaired) electrons. The predicted octanol–water partition coefficient (Wildman–Crippen LogP) is -1.33. The molecule has 0 saturated carbocycles. The molecule has 0 aromatic rings. The van der Waals surface area contributed by atoms with E-state index in [-0.39, 0.29) is 7.04 Å². The second-order valence-corrected chi connectivity index (χ2v) is 0.879. The summed E-state index contributed by atoms with van der Waals surface area (Å²) in [5.41, 5.74) is 0. The third-order valence-electron chi connectivity index (χ3n) is 0.331. The Labute approximate surface area is 54.6 Å². The zero-order chi connectivity index (χ0) is 7.82. The predicted molar refractivity (Wildman–Crippen MR) is 20.9 cm³/mol. The van der Waals surface area contributed by atoms with Gasteiger partial charge in [0, 0.05) is 0 Å². The molecule has 0 fully saturated rings. The van der Waals surface area contributed by atoms with Gasteiger partial charge in [0.1, 0.15) is 0 Å². The quantitative estimate of drug-likeness (QED) is 0.215. The molecular weight excluding hydrogens is 150 g/mol. The molecule has 10 heavy (non-hydrogen) atoms. The molecule has 0 aliphatic heterocycles. The van der Waals surface area contributed by atoms with E-state index < -0.39 is 6.68 Å². The molecule has 0 aliphatic carbocycles. The molecule has 0 amide bonds. The second kappa shape index (κ2) is 6.45. The van der Waals surface area contributed by atoms with Crippen LogP contribution in [-0.2, 0) is 34.4 Å². The molecule has 0 aromatic carbocycles. The molecule has 0 unspecified atom stereocenters. The fourth-order valence-electron chi connectivity index (χ4n) is 0.101. The van der Waals surface area contributed by atoms with Crippen LogP contribution in [-0.4, -0.2) is 19.0 Å². The molecule has 0 aromatic heterocycles. The van der Waals surface area contributed by atoms with Gasteiger partial charge < -0.3 is 0 Å². The average Bonchev–Trinajstić information content (AvgIpc) is 1.98. The van der Waals surface area contributed by atoms with Gasteiger partial charge in [-0.1, -0.05) is 0 Å². The van der Waals surface area contributed by atoms with E-state index in [1.165, 1.54) is 0 Å². The van der Waals surface area contributed by atoms with Crippen LogP contribution in [0.2, 0.25) is 0 Å². The molecule has 0 aliphatic rings. The van der Waals surface area contributed by atoms with Crippen molar-refractivity contribution in [3.63, 3.8) is 0 Å². The zero-order valence-electron chi connectivity index (χ0n) is 4.46. The third-order valence-corrected chi connectivity index (χ3v) is 0.331. The Balaban J connectivity index is 3.03. The first-order valence-electron chi connectivity index (χ1n) is 1.89. The summed E-state index contributed by atoms with van der Waals surface area (Å²) in [6, 6.07) is 0. The summed E-state index contributed by atoms with van der Waals surface area (Å²) < 4.78 is 19.4. The van der Waals surface area contributed by atoms with Gasteiger partial charge in [-0.15, -0.1) is 0 Å². The van der Waals surface area contributed by atoms with Gasteiger partial charge in [0.25, 0.3) is 0 Å². The Morgan fingerprint density at radius 1 is 1.30 bits per heavy atom. The first-order chi connectivity index (χ1) is 4.81. The Morgan fingerprint density at radius 2 is 2.00 bits per heavy atom. The van der Waals surface area contributed by atoms with Gasteiger partial charge in [0.15, 0.2) is 0 Å². The van der Waals surface area contributed by atoms with Crippen molar-refractivity contribution in [2.24, 2.45) is 0 Å². The van der Waals surface area contributed by atoms with Crippen LogP contribution in [0.4, 0.5) is 0 Å². The van der Waals surface area contributed by atoms with Crippen molar-refractivity contribution in [1.82, 2.24) is 0 Å². The van der Waals surface area contributed by atoms with Gasteiger partial charge in [0.2, 0.25) is 0 Å². The Kier molecular flexibility index (Phi) is 6.02. The zero-order valence-corrected chi connectivity index (χ0v) is 4.46. The molecule has 1 N–H and O–H groups in total. The SMILES string of the molecule is O=B[B-](=O)OOOOOO. The number of hydrogen-bond acceptors (Lipinski definition) is 8. The van der Waals surface area contributed by atoms with E-state index in [1.807, 2.05) is 0 Å². The maximum atomic E-state index is 9.90. The van der Waals surface area contributed by atoms with E-state index in [4.69, 9.17) is 5.26 Å². The van der Waals surface area contributed by atoms with Crippen molar-refractivity contribution in [2.45, 2.75) is 0 Å². The standard InChI is InChI=1S/B2HO8/c3-1-2(4)6-8-10-9-7-5/h5H/q-1. The van der Waals surface area contributed by atoms with Gasteiger partial charge in [0.05, 0.1) is 0 Å². The Bertz CT molecular complexity index is 108. The number of hydrogen-bond donors (Lipinski definition) is 1. The maximum absolute atomic E-state index is 9.90. The second-order valence-electron chi connectivity index (χ2n) is 0.879. The summed E-state index contributed by atoms with van der Waals surface area (Å²) in [7, 11) is -0.0941. The van der Waals surface area contributed by atoms with Crippen molar-refractivity contribution in [3.05, 3.63) is 0 Å². The molecule has 0 rings (SSSR count). The van der Waals surface area contributed by atoms with E-state index in [0.29, 0.717) is 0 Å². The van der Waals surface area contributed by atoms with Crippen LogP contribution in [0.15, 0.2) is 0 Å². The van der Waals surface area contributed by atoms with E-state index in [9.17, 15) is 9.41 Å². The van der Waals surface area contributed by atoms with E-state index >= 15 is 0 Å². The first-order valence-corrected chi connectivity index (χ1v) is 1.89. The van der Waals surface area contributed by atoms with Crippen molar-refractivity contribution >= 4 is 13.7 Å². The molecule has 0 spiro atoms. The molecule has 0 bridgehead atoms. The minimum absolute atomic E-state index is 0.0941.